The molecule has 0 aliphatic heterocycles. The Morgan fingerprint density at radius 2 is 2.00 bits per heavy atom. The number of benzene rings is 1. The Balaban J connectivity index is 2.19. The molecular weight excluding hydrogens is 236 g/mol. The van der Waals surface area contributed by atoms with Crippen LogP contribution in [0.2, 0.25) is 0 Å². The third kappa shape index (κ3) is 2.34. The van der Waals surface area contributed by atoms with Crippen molar-refractivity contribution in [1.29, 1.82) is 0 Å². The molecule has 0 amide bonds. The summed E-state index contributed by atoms with van der Waals surface area (Å²) in [5, 5.41) is 7.35. The third-order valence-electron chi connectivity index (χ3n) is 2.97. The van der Waals surface area contributed by atoms with Crippen molar-refractivity contribution in [2.24, 2.45) is 7.05 Å². The van der Waals surface area contributed by atoms with E-state index >= 15 is 0 Å². The Morgan fingerprint density at radius 1 is 1.28 bits per heavy atom. The van der Waals surface area contributed by atoms with Crippen LogP contribution < -0.4 is 5.32 Å². The van der Waals surface area contributed by atoms with E-state index in [1.54, 1.807) is 4.68 Å². The number of aryl methyl sites for hydroxylation is 2. The standard InChI is InChI=1S/C13H15F2N3/c1-8-13(9(2)18(3)17-8)16-7-10-6-11(14)4-5-12(10)15/h4-6,16H,7H2,1-3H3. The smallest absolute Gasteiger partial charge is 0.128 e. The number of hydrogen-bond donors (Lipinski definition) is 1. The molecule has 0 bridgehead atoms. The fraction of sp³-hybridized carbons (Fsp3) is 0.308. The lowest BCUT2D eigenvalue weighted by atomic mass is 10.2. The molecule has 0 spiro atoms. The Bertz CT molecular complexity index is 576. The zero-order valence-electron chi connectivity index (χ0n) is 10.6. The quantitative estimate of drug-likeness (QED) is 0.909. The van der Waals surface area contributed by atoms with Crippen LogP contribution in [0.1, 0.15) is 17.0 Å². The van der Waals surface area contributed by atoms with Crippen molar-refractivity contribution < 1.29 is 8.78 Å². The minimum atomic E-state index is -0.437. The molecule has 0 aliphatic carbocycles. The van der Waals surface area contributed by atoms with Gasteiger partial charge in [-0.25, -0.2) is 8.78 Å². The lowest BCUT2D eigenvalue weighted by Gasteiger charge is -2.08. The summed E-state index contributed by atoms with van der Waals surface area (Å²) in [7, 11) is 1.84. The predicted molar refractivity (Wildman–Crippen MR) is 66.4 cm³/mol. The molecule has 1 aromatic carbocycles. The molecule has 3 nitrogen and oxygen atoms in total. The first-order valence-corrected chi connectivity index (χ1v) is 5.67. The van der Waals surface area contributed by atoms with E-state index in [-0.39, 0.29) is 6.54 Å². The van der Waals surface area contributed by atoms with Crippen LogP contribution in [-0.2, 0) is 13.6 Å². The molecule has 0 radical (unpaired) electrons. The van der Waals surface area contributed by atoms with Gasteiger partial charge in [0.1, 0.15) is 11.6 Å². The molecule has 1 N–H and O–H groups in total. The average Bonchev–Trinajstić information content (AvgIpc) is 2.55. The summed E-state index contributed by atoms with van der Waals surface area (Å²) >= 11 is 0. The third-order valence-corrected chi connectivity index (χ3v) is 2.97. The van der Waals surface area contributed by atoms with Gasteiger partial charge in [0.2, 0.25) is 0 Å². The van der Waals surface area contributed by atoms with Gasteiger partial charge in [-0.3, -0.25) is 4.68 Å². The van der Waals surface area contributed by atoms with E-state index < -0.39 is 11.6 Å². The van der Waals surface area contributed by atoms with Crippen LogP contribution in [0.3, 0.4) is 0 Å². The summed E-state index contributed by atoms with van der Waals surface area (Å²) in [4.78, 5) is 0. The maximum atomic E-state index is 13.5. The van der Waals surface area contributed by atoms with E-state index in [1.807, 2.05) is 20.9 Å². The minimum Gasteiger partial charge on any atom is -0.378 e. The Hall–Kier alpha value is -1.91. The zero-order valence-corrected chi connectivity index (χ0v) is 10.6. The summed E-state index contributed by atoms with van der Waals surface area (Å²) in [5.41, 5.74) is 2.97. The molecule has 18 heavy (non-hydrogen) atoms. The van der Waals surface area contributed by atoms with Crippen LogP contribution in [0.25, 0.3) is 0 Å². The number of nitrogens with zero attached hydrogens (tertiary/aromatic N) is 2. The number of nitrogens with one attached hydrogen (secondary N) is 1. The number of anilines is 1. The molecule has 1 aromatic heterocycles. The van der Waals surface area contributed by atoms with Gasteiger partial charge in [-0.15, -0.1) is 0 Å². The van der Waals surface area contributed by atoms with Gasteiger partial charge in [-0.2, -0.15) is 5.10 Å². The first kappa shape index (κ1) is 12.5. The van der Waals surface area contributed by atoms with Crippen LogP contribution in [0.15, 0.2) is 18.2 Å². The lowest BCUT2D eigenvalue weighted by Crippen LogP contribution is -2.04. The Labute approximate surface area is 104 Å². The number of rotatable bonds is 3. The Morgan fingerprint density at radius 3 is 2.61 bits per heavy atom. The van der Waals surface area contributed by atoms with Crippen LogP contribution in [0, 0.1) is 25.5 Å². The van der Waals surface area contributed by atoms with Crippen LogP contribution in [0.5, 0.6) is 0 Å². The molecule has 0 fully saturated rings. The van der Waals surface area contributed by atoms with Crippen LogP contribution in [-0.4, -0.2) is 9.78 Å². The molecule has 2 rings (SSSR count). The number of aromatic nitrogens is 2. The average molecular weight is 251 g/mol. The van der Waals surface area contributed by atoms with E-state index in [0.29, 0.717) is 5.56 Å². The van der Waals surface area contributed by atoms with E-state index in [4.69, 9.17) is 0 Å². The molecular formula is C13H15F2N3. The fourth-order valence-corrected chi connectivity index (χ4v) is 1.89. The van der Waals surface area contributed by atoms with E-state index in [1.165, 1.54) is 6.07 Å². The van der Waals surface area contributed by atoms with Crippen molar-refractivity contribution in [3.05, 3.63) is 46.8 Å². The van der Waals surface area contributed by atoms with Crippen molar-refractivity contribution in [2.45, 2.75) is 20.4 Å². The number of halogens is 2. The van der Waals surface area contributed by atoms with Gasteiger partial charge in [0.05, 0.1) is 17.1 Å². The molecule has 0 saturated carbocycles. The van der Waals surface area contributed by atoms with Gasteiger partial charge >= 0.3 is 0 Å². The van der Waals surface area contributed by atoms with E-state index in [0.717, 1.165) is 29.2 Å². The molecule has 0 atom stereocenters. The second kappa shape index (κ2) is 4.76. The first-order valence-electron chi connectivity index (χ1n) is 5.67. The van der Waals surface area contributed by atoms with Crippen molar-refractivity contribution in [2.75, 3.05) is 5.32 Å². The highest BCUT2D eigenvalue weighted by molar-refractivity contribution is 5.52. The van der Waals surface area contributed by atoms with E-state index in [9.17, 15) is 8.78 Å². The Kier molecular flexibility index (Phi) is 3.32. The largest absolute Gasteiger partial charge is 0.378 e. The summed E-state index contributed by atoms with van der Waals surface area (Å²) in [6.07, 6.45) is 0. The summed E-state index contributed by atoms with van der Waals surface area (Å²) in [6, 6.07) is 3.44. The first-order chi connectivity index (χ1) is 8.49. The maximum Gasteiger partial charge on any atom is 0.128 e. The van der Waals surface area contributed by atoms with Gasteiger partial charge in [-0.05, 0) is 32.0 Å². The second-order valence-corrected chi connectivity index (χ2v) is 4.26. The molecule has 1 heterocycles. The fourth-order valence-electron chi connectivity index (χ4n) is 1.89. The van der Waals surface area contributed by atoms with Gasteiger partial charge < -0.3 is 5.32 Å². The molecule has 0 unspecified atom stereocenters. The second-order valence-electron chi connectivity index (χ2n) is 4.26. The van der Waals surface area contributed by atoms with Crippen LogP contribution in [0.4, 0.5) is 14.5 Å². The van der Waals surface area contributed by atoms with Gasteiger partial charge in [0, 0.05) is 19.2 Å². The summed E-state index contributed by atoms with van der Waals surface area (Å²) < 4.78 is 28.2. The number of hydrogen-bond acceptors (Lipinski definition) is 2. The highest BCUT2D eigenvalue weighted by Crippen LogP contribution is 2.20. The normalized spacial score (nSPS) is 10.7. The van der Waals surface area contributed by atoms with Gasteiger partial charge in [-0.1, -0.05) is 0 Å². The lowest BCUT2D eigenvalue weighted by molar-refractivity contribution is 0.587. The summed E-state index contributed by atoms with van der Waals surface area (Å²) in [5.74, 6) is -0.851. The predicted octanol–water partition coefficient (Wildman–Crippen LogP) is 2.93. The van der Waals surface area contributed by atoms with Crippen molar-refractivity contribution in [3.63, 3.8) is 0 Å². The van der Waals surface area contributed by atoms with Gasteiger partial charge in [0.25, 0.3) is 0 Å². The van der Waals surface area contributed by atoms with Crippen molar-refractivity contribution in [1.82, 2.24) is 9.78 Å². The van der Waals surface area contributed by atoms with E-state index in [2.05, 4.69) is 10.4 Å². The minimum absolute atomic E-state index is 0.233. The molecule has 2 aromatic rings. The maximum absolute atomic E-state index is 13.5. The summed E-state index contributed by atoms with van der Waals surface area (Å²) in [6.45, 7) is 4.03. The van der Waals surface area contributed by atoms with Crippen molar-refractivity contribution in [3.8, 4) is 0 Å². The van der Waals surface area contributed by atoms with Crippen LogP contribution >= 0.6 is 0 Å². The van der Waals surface area contributed by atoms with Crippen molar-refractivity contribution >= 4 is 5.69 Å². The zero-order chi connectivity index (χ0) is 13.3. The SMILES string of the molecule is Cc1nn(C)c(C)c1NCc1cc(F)ccc1F. The van der Waals surface area contributed by atoms with Gasteiger partial charge in [0.15, 0.2) is 0 Å². The molecule has 0 saturated heterocycles. The highest BCUT2D eigenvalue weighted by atomic mass is 19.1. The topological polar surface area (TPSA) is 29.9 Å². The molecule has 5 heteroatoms. The highest BCUT2D eigenvalue weighted by Gasteiger charge is 2.10. The monoisotopic (exact) mass is 251 g/mol. The molecule has 0 aliphatic rings. The molecule has 96 valence electrons.